The molecule has 0 aliphatic heterocycles. The Balaban J connectivity index is 1.96. The molecule has 2 nitrogen and oxygen atoms in total. The number of rotatable bonds is 4. The molecule has 2 aromatic rings. The molecule has 1 N–H and O–H groups in total. The third kappa shape index (κ3) is 3.51. The van der Waals surface area contributed by atoms with Crippen molar-refractivity contribution >= 4 is 17.3 Å². The van der Waals surface area contributed by atoms with Crippen LogP contribution in [0.15, 0.2) is 48.5 Å². The Labute approximate surface area is 112 Å². The van der Waals surface area contributed by atoms with Gasteiger partial charge in [-0.05, 0) is 35.4 Å². The summed E-state index contributed by atoms with van der Waals surface area (Å²) in [6, 6.07) is 17.8. The SMILES string of the molecule is N#CCc1ccc(NCc2cccc(Cl)c2)cc1. The maximum atomic E-state index is 8.59. The second-order valence-electron chi connectivity index (χ2n) is 4.02. The van der Waals surface area contributed by atoms with Gasteiger partial charge in [-0.2, -0.15) is 5.26 Å². The third-order valence-electron chi connectivity index (χ3n) is 2.62. The van der Waals surface area contributed by atoms with E-state index in [1.54, 1.807) is 0 Å². The monoisotopic (exact) mass is 256 g/mol. The minimum atomic E-state index is 0.453. The predicted molar refractivity (Wildman–Crippen MR) is 74.5 cm³/mol. The second-order valence-corrected chi connectivity index (χ2v) is 4.45. The van der Waals surface area contributed by atoms with Crippen molar-refractivity contribution in [2.24, 2.45) is 0 Å². The largest absolute Gasteiger partial charge is 0.381 e. The molecule has 2 rings (SSSR count). The molecular formula is C15H13ClN2. The van der Waals surface area contributed by atoms with Crippen molar-refractivity contribution < 1.29 is 0 Å². The van der Waals surface area contributed by atoms with Crippen LogP contribution < -0.4 is 5.32 Å². The van der Waals surface area contributed by atoms with E-state index in [1.807, 2.05) is 48.5 Å². The average molecular weight is 257 g/mol. The molecule has 0 heterocycles. The van der Waals surface area contributed by atoms with Crippen LogP contribution in [0.5, 0.6) is 0 Å². The van der Waals surface area contributed by atoms with Crippen LogP contribution in [-0.4, -0.2) is 0 Å². The summed E-state index contributed by atoms with van der Waals surface area (Å²) in [6.07, 6.45) is 0.453. The highest BCUT2D eigenvalue weighted by molar-refractivity contribution is 6.30. The van der Waals surface area contributed by atoms with Crippen molar-refractivity contribution in [2.45, 2.75) is 13.0 Å². The first-order valence-electron chi connectivity index (χ1n) is 5.72. The minimum absolute atomic E-state index is 0.453. The standard InChI is InChI=1S/C15H13ClN2/c16-14-3-1-2-13(10-14)11-18-15-6-4-12(5-7-15)8-9-17/h1-7,10,18H,8,11H2. The molecule has 0 atom stereocenters. The van der Waals surface area contributed by atoms with Gasteiger partial charge < -0.3 is 5.32 Å². The number of nitrogens with one attached hydrogen (secondary N) is 1. The normalized spacial score (nSPS) is 9.78. The minimum Gasteiger partial charge on any atom is -0.381 e. The molecule has 0 saturated heterocycles. The highest BCUT2D eigenvalue weighted by Gasteiger charge is 1.96. The van der Waals surface area contributed by atoms with Crippen LogP contribution in [0.4, 0.5) is 5.69 Å². The molecule has 0 aliphatic rings. The van der Waals surface area contributed by atoms with E-state index in [0.717, 1.165) is 28.4 Å². The maximum absolute atomic E-state index is 8.59. The van der Waals surface area contributed by atoms with Crippen LogP contribution in [0.1, 0.15) is 11.1 Å². The summed E-state index contributed by atoms with van der Waals surface area (Å²) < 4.78 is 0. The zero-order valence-corrected chi connectivity index (χ0v) is 10.6. The molecule has 18 heavy (non-hydrogen) atoms. The number of nitriles is 1. The zero-order chi connectivity index (χ0) is 12.8. The first-order valence-corrected chi connectivity index (χ1v) is 6.10. The number of nitrogens with zero attached hydrogens (tertiary/aromatic N) is 1. The maximum Gasteiger partial charge on any atom is 0.0669 e. The van der Waals surface area contributed by atoms with Gasteiger partial charge in [0, 0.05) is 17.3 Å². The van der Waals surface area contributed by atoms with Crippen LogP contribution in [0, 0.1) is 11.3 Å². The van der Waals surface area contributed by atoms with Crippen molar-refractivity contribution in [3.8, 4) is 6.07 Å². The van der Waals surface area contributed by atoms with Gasteiger partial charge in [0.25, 0.3) is 0 Å². The highest BCUT2D eigenvalue weighted by atomic mass is 35.5. The third-order valence-corrected chi connectivity index (χ3v) is 2.86. The van der Waals surface area contributed by atoms with Crippen LogP contribution in [0.2, 0.25) is 5.02 Å². The Hall–Kier alpha value is -1.98. The van der Waals surface area contributed by atoms with Gasteiger partial charge in [-0.1, -0.05) is 35.9 Å². The fourth-order valence-corrected chi connectivity index (χ4v) is 1.90. The van der Waals surface area contributed by atoms with Gasteiger partial charge in [-0.3, -0.25) is 0 Å². The van der Waals surface area contributed by atoms with Crippen LogP contribution in [-0.2, 0) is 13.0 Å². The second kappa shape index (κ2) is 6.09. The van der Waals surface area contributed by atoms with Gasteiger partial charge in [-0.15, -0.1) is 0 Å². The zero-order valence-electron chi connectivity index (χ0n) is 9.86. The average Bonchev–Trinajstić information content (AvgIpc) is 2.38. The molecule has 0 amide bonds. The summed E-state index contributed by atoms with van der Waals surface area (Å²) in [5, 5.41) is 12.7. The van der Waals surface area contributed by atoms with E-state index in [0.29, 0.717) is 6.42 Å². The molecular weight excluding hydrogens is 244 g/mol. The Kier molecular flexibility index (Phi) is 4.22. The van der Waals surface area contributed by atoms with Gasteiger partial charge in [0.05, 0.1) is 12.5 Å². The lowest BCUT2D eigenvalue weighted by molar-refractivity contribution is 1.15. The number of benzene rings is 2. The molecule has 2 aromatic carbocycles. The molecule has 0 aliphatic carbocycles. The van der Waals surface area contributed by atoms with E-state index >= 15 is 0 Å². The summed E-state index contributed by atoms with van der Waals surface area (Å²) in [4.78, 5) is 0. The summed E-state index contributed by atoms with van der Waals surface area (Å²) >= 11 is 5.92. The predicted octanol–water partition coefficient (Wildman–Crippen LogP) is 4.02. The molecule has 90 valence electrons. The number of hydrogen-bond acceptors (Lipinski definition) is 2. The molecule has 0 aromatic heterocycles. The quantitative estimate of drug-likeness (QED) is 0.897. The molecule has 0 fully saturated rings. The lowest BCUT2D eigenvalue weighted by Crippen LogP contribution is -1.99. The molecule has 0 spiro atoms. The smallest absolute Gasteiger partial charge is 0.0669 e. The van der Waals surface area contributed by atoms with Crippen molar-refractivity contribution in [1.82, 2.24) is 0 Å². The molecule has 0 radical (unpaired) electrons. The van der Waals surface area contributed by atoms with Gasteiger partial charge >= 0.3 is 0 Å². The van der Waals surface area contributed by atoms with E-state index in [-0.39, 0.29) is 0 Å². The van der Waals surface area contributed by atoms with E-state index in [1.165, 1.54) is 0 Å². The first kappa shape index (κ1) is 12.5. The summed E-state index contributed by atoms with van der Waals surface area (Å²) in [5.74, 6) is 0. The fourth-order valence-electron chi connectivity index (χ4n) is 1.68. The molecule has 0 unspecified atom stereocenters. The van der Waals surface area contributed by atoms with E-state index < -0.39 is 0 Å². The van der Waals surface area contributed by atoms with Gasteiger partial charge in [0.1, 0.15) is 0 Å². The van der Waals surface area contributed by atoms with Crippen molar-refractivity contribution in [2.75, 3.05) is 5.32 Å². The molecule has 3 heteroatoms. The Morgan fingerprint density at radius 2 is 1.83 bits per heavy atom. The molecule has 0 bridgehead atoms. The number of halogens is 1. The van der Waals surface area contributed by atoms with Crippen molar-refractivity contribution in [1.29, 1.82) is 5.26 Å². The topological polar surface area (TPSA) is 35.8 Å². The van der Waals surface area contributed by atoms with Crippen LogP contribution in [0.3, 0.4) is 0 Å². The van der Waals surface area contributed by atoms with Crippen LogP contribution in [0.25, 0.3) is 0 Å². The van der Waals surface area contributed by atoms with Gasteiger partial charge in [-0.25, -0.2) is 0 Å². The van der Waals surface area contributed by atoms with Crippen molar-refractivity contribution in [3.63, 3.8) is 0 Å². The lowest BCUT2D eigenvalue weighted by atomic mass is 10.1. The number of anilines is 1. The molecule has 0 saturated carbocycles. The van der Waals surface area contributed by atoms with E-state index in [9.17, 15) is 0 Å². The Morgan fingerprint density at radius 3 is 2.50 bits per heavy atom. The van der Waals surface area contributed by atoms with E-state index in [4.69, 9.17) is 16.9 Å². The fraction of sp³-hybridized carbons (Fsp3) is 0.133. The Bertz CT molecular complexity index is 555. The van der Waals surface area contributed by atoms with Crippen LogP contribution >= 0.6 is 11.6 Å². The summed E-state index contributed by atoms with van der Waals surface area (Å²) in [5.41, 5.74) is 3.21. The highest BCUT2D eigenvalue weighted by Crippen LogP contribution is 2.14. The van der Waals surface area contributed by atoms with Crippen molar-refractivity contribution in [3.05, 3.63) is 64.7 Å². The first-order chi connectivity index (χ1) is 8.78. The summed E-state index contributed by atoms with van der Waals surface area (Å²) in [7, 11) is 0. The van der Waals surface area contributed by atoms with Gasteiger partial charge in [0.2, 0.25) is 0 Å². The van der Waals surface area contributed by atoms with Gasteiger partial charge in [0.15, 0.2) is 0 Å². The number of hydrogen-bond donors (Lipinski definition) is 1. The Morgan fingerprint density at radius 1 is 1.06 bits per heavy atom. The summed E-state index contributed by atoms with van der Waals surface area (Å²) in [6.45, 7) is 0.734. The lowest BCUT2D eigenvalue weighted by Gasteiger charge is -2.07. The van der Waals surface area contributed by atoms with E-state index in [2.05, 4.69) is 11.4 Å².